The molecule has 1 amide bonds. The predicted molar refractivity (Wildman–Crippen MR) is 106 cm³/mol. The number of piperidine rings is 1. The maximum atomic E-state index is 13.2. The lowest BCUT2D eigenvalue weighted by molar-refractivity contribution is -0.158. The molecule has 0 bridgehead atoms. The van der Waals surface area contributed by atoms with Gasteiger partial charge in [-0.3, -0.25) is 9.59 Å². The van der Waals surface area contributed by atoms with Crippen molar-refractivity contribution in [2.45, 2.75) is 12.5 Å². The van der Waals surface area contributed by atoms with E-state index in [1.807, 2.05) is 12.2 Å². The van der Waals surface area contributed by atoms with E-state index >= 15 is 0 Å². The van der Waals surface area contributed by atoms with Crippen LogP contribution in [0.1, 0.15) is 18.0 Å². The Morgan fingerprint density at radius 1 is 1.18 bits per heavy atom. The number of carboxylic acid groups (broad SMARTS) is 1. The number of ether oxygens (including phenoxy) is 2. The van der Waals surface area contributed by atoms with Gasteiger partial charge in [-0.15, -0.1) is 11.6 Å². The Kier molecular flexibility index (Phi) is 6.29. The van der Waals surface area contributed by atoms with Crippen molar-refractivity contribution in [2.24, 2.45) is 17.8 Å². The van der Waals surface area contributed by atoms with Gasteiger partial charge in [-0.25, -0.2) is 0 Å². The fourth-order valence-corrected chi connectivity index (χ4v) is 4.27. The lowest BCUT2D eigenvalue weighted by Gasteiger charge is -2.46. The van der Waals surface area contributed by atoms with Crippen LogP contribution in [0.5, 0.6) is 11.5 Å². The number of nitrogens with zero attached hydrogens (tertiary/aromatic N) is 1. The van der Waals surface area contributed by atoms with Gasteiger partial charge in [0.15, 0.2) is 11.5 Å². The zero-order valence-corrected chi connectivity index (χ0v) is 16.6. The number of carbonyl (C=O) groups excluding carboxylic acids is 1. The van der Waals surface area contributed by atoms with Crippen LogP contribution in [0.3, 0.4) is 0 Å². The minimum Gasteiger partial charge on any atom is -0.493 e. The van der Waals surface area contributed by atoms with Gasteiger partial charge in [0.1, 0.15) is 0 Å². The molecule has 0 aromatic heterocycles. The molecule has 3 rings (SSSR count). The highest BCUT2D eigenvalue weighted by Gasteiger charge is 2.50. The molecule has 1 aliphatic carbocycles. The first-order valence-electron chi connectivity index (χ1n) is 9.19. The number of halogens is 1. The van der Waals surface area contributed by atoms with E-state index in [-0.39, 0.29) is 5.91 Å². The Morgan fingerprint density at radius 2 is 1.89 bits per heavy atom. The molecule has 7 heteroatoms. The number of methoxy groups -OCH3 is 2. The minimum absolute atomic E-state index is 0.0759. The third-order valence-electron chi connectivity index (χ3n) is 5.40. The van der Waals surface area contributed by atoms with Crippen LogP contribution in [0.25, 0.3) is 0 Å². The fraction of sp³-hybridized carbons (Fsp3) is 0.429. The van der Waals surface area contributed by atoms with Crippen molar-refractivity contribution in [3.05, 3.63) is 48.1 Å². The summed E-state index contributed by atoms with van der Waals surface area (Å²) in [5.41, 5.74) is 0.703. The number of fused-ring (bicyclic) bond motifs is 1. The van der Waals surface area contributed by atoms with Crippen LogP contribution in [0.15, 0.2) is 42.5 Å². The molecule has 0 radical (unpaired) electrons. The summed E-state index contributed by atoms with van der Waals surface area (Å²) in [4.78, 5) is 27.2. The highest BCUT2D eigenvalue weighted by Crippen LogP contribution is 2.46. The molecule has 1 N–H and O–H groups in total. The highest BCUT2D eigenvalue weighted by atomic mass is 35.5. The topological polar surface area (TPSA) is 76.1 Å². The van der Waals surface area contributed by atoms with Crippen LogP contribution in [0.2, 0.25) is 0 Å². The van der Waals surface area contributed by atoms with E-state index in [0.717, 1.165) is 0 Å². The van der Waals surface area contributed by atoms with Crippen LogP contribution in [-0.4, -0.2) is 48.5 Å². The summed E-state index contributed by atoms with van der Waals surface area (Å²) < 4.78 is 10.7. The summed E-state index contributed by atoms with van der Waals surface area (Å²) in [6.07, 6.45) is 7.81. The molecule has 1 aromatic rings. The van der Waals surface area contributed by atoms with E-state index in [1.54, 1.807) is 35.3 Å². The van der Waals surface area contributed by atoms with Crippen LogP contribution in [0, 0.1) is 17.8 Å². The number of allylic oxidation sites excluding steroid dienone is 3. The first-order chi connectivity index (χ1) is 13.5. The Hall–Kier alpha value is -2.47. The van der Waals surface area contributed by atoms with E-state index in [9.17, 15) is 14.7 Å². The second-order valence-electron chi connectivity index (χ2n) is 6.87. The van der Waals surface area contributed by atoms with E-state index < -0.39 is 29.8 Å². The standard InChI is InChI=1S/C21H24ClNO5/c1-27-16-9-8-13(12-17(16)28-2)19-18(21(25)26)14-6-3-4-7-15(14)20(24)23(19)11-5-10-22/h3-4,6-9,12,14-15,18-19H,5,10-11H2,1-2H3,(H,25,26)/t14-,15+,18+,19-/m1/s1. The average Bonchev–Trinajstić information content (AvgIpc) is 2.72. The summed E-state index contributed by atoms with van der Waals surface area (Å²) in [7, 11) is 3.07. The molecule has 28 heavy (non-hydrogen) atoms. The number of carboxylic acids is 1. The maximum absolute atomic E-state index is 13.2. The van der Waals surface area contributed by atoms with Gasteiger partial charge in [-0.05, 0) is 24.1 Å². The summed E-state index contributed by atoms with van der Waals surface area (Å²) in [6.45, 7) is 0.395. The molecule has 2 aliphatic rings. The number of likely N-dealkylation sites (tertiary alicyclic amines) is 1. The molecule has 150 valence electrons. The van der Waals surface area contributed by atoms with Crippen LogP contribution >= 0.6 is 11.6 Å². The Labute approximate surface area is 169 Å². The number of benzene rings is 1. The van der Waals surface area contributed by atoms with Gasteiger partial charge in [-0.1, -0.05) is 30.4 Å². The summed E-state index contributed by atoms with van der Waals surface area (Å²) >= 11 is 5.87. The van der Waals surface area contributed by atoms with Gasteiger partial charge in [0.25, 0.3) is 0 Å². The van der Waals surface area contributed by atoms with Crippen molar-refractivity contribution in [2.75, 3.05) is 26.6 Å². The van der Waals surface area contributed by atoms with Crippen LogP contribution < -0.4 is 9.47 Å². The van der Waals surface area contributed by atoms with E-state index in [1.165, 1.54) is 14.2 Å². The molecule has 0 spiro atoms. The van der Waals surface area contributed by atoms with Crippen molar-refractivity contribution in [1.82, 2.24) is 4.90 Å². The molecule has 0 unspecified atom stereocenters. The zero-order valence-electron chi connectivity index (χ0n) is 15.9. The molecule has 1 aliphatic heterocycles. The first kappa shape index (κ1) is 20.3. The Morgan fingerprint density at radius 3 is 2.54 bits per heavy atom. The van der Waals surface area contributed by atoms with Crippen molar-refractivity contribution in [3.8, 4) is 11.5 Å². The molecular weight excluding hydrogens is 382 g/mol. The number of amides is 1. The molecule has 0 saturated carbocycles. The highest BCUT2D eigenvalue weighted by molar-refractivity contribution is 6.17. The van der Waals surface area contributed by atoms with Gasteiger partial charge in [0.05, 0.1) is 32.1 Å². The average molecular weight is 406 g/mol. The molecular formula is C21H24ClNO5. The van der Waals surface area contributed by atoms with Crippen molar-refractivity contribution < 1.29 is 24.2 Å². The molecule has 1 saturated heterocycles. The van der Waals surface area contributed by atoms with Gasteiger partial charge in [0, 0.05) is 18.3 Å². The number of hydrogen-bond donors (Lipinski definition) is 1. The second kappa shape index (κ2) is 8.69. The van der Waals surface area contributed by atoms with E-state index in [0.29, 0.717) is 35.9 Å². The van der Waals surface area contributed by atoms with Gasteiger partial charge >= 0.3 is 5.97 Å². The monoisotopic (exact) mass is 405 g/mol. The summed E-state index contributed by atoms with van der Waals surface area (Å²) in [5.74, 6) is -1.23. The quantitative estimate of drug-likeness (QED) is 0.704. The molecule has 6 nitrogen and oxygen atoms in total. The van der Waals surface area contributed by atoms with E-state index in [4.69, 9.17) is 21.1 Å². The lowest BCUT2D eigenvalue weighted by atomic mass is 9.69. The summed E-state index contributed by atoms with van der Waals surface area (Å²) in [5, 5.41) is 10.1. The molecule has 1 heterocycles. The fourth-order valence-electron chi connectivity index (χ4n) is 4.15. The molecule has 1 fully saturated rings. The second-order valence-corrected chi connectivity index (χ2v) is 7.25. The van der Waals surface area contributed by atoms with Crippen molar-refractivity contribution in [3.63, 3.8) is 0 Å². The van der Waals surface area contributed by atoms with Gasteiger partial charge in [0.2, 0.25) is 5.91 Å². The number of rotatable bonds is 7. The smallest absolute Gasteiger partial charge is 0.309 e. The minimum atomic E-state index is -0.932. The normalized spacial score (nSPS) is 26.1. The maximum Gasteiger partial charge on any atom is 0.309 e. The zero-order chi connectivity index (χ0) is 20.3. The van der Waals surface area contributed by atoms with E-state index in [2.05, 4.69) is 0 Å². The Bertz CT molecular complexity index is 806. The third-order valence-corrected chi connectivity index (χ3v) is 5.67. The lowest BCUT2D eigenvalue weighted by Crippen LogP contribution is -2.54. The largest absolute Gasteiger partial charge is 0.493 e. The SMILES string of the molecule is COc1ccc([C@@H]2[C@@H](C(=O)O)[C@@H]3C=CC=C[C@@H]3C(=O)N2CCCCl)cc1OC. The number of aliphatic carboxylic acids is 1. The third kappa shape index (κ3) is 3.61. The Balaban J connectivity index is 2.11. The van der Waals surface area contributed by atoms with Crippen molar-refractivity contribution in [1.29, 1.82) is 0 Å². The van der Waals surface area contributed by atoms with Crippen molar-refractivity contribution >= 4 is 23.5 Å². The van der Waals surface area contributed by atoms with Gasteiger partial charge in [-0.2, -0.15) is 0 Å². The molecule has 4 atom stereocenters. The predicted octanol–water partition coefficient (Wildman–Crippen LogP) is 3.28. The van der Waals surface area contributed by atoms with Crippen LogP contribution in [0.4, 0.5) is 0 Å². The molecule has 1 aromatic carbocycles. The number of carbonyl (C=O) groups is 2. The summed E-state index contributed by atoms with van der Waals surface area (Å²) in [6, 6.07) is 4.67. The number of hydrogen-bond acceptors (Lipinski definition) is 4. The first-order valence-corrected chi connectivity index (χ1v) is 9.73. The number of alkyl halides is 1. The van der Waals surface area contributed by atoms with Crippen LogP contribution in [-0.2, 0) is 9.59 Å². The van der Waals surface area contributed by atoms with Gasteiger partial charge < -0.3 is 19.5 Å².